The molecule has 3 heterocycles. The summed E-state index contributed by atoms with van der Waals surface area (Å²) in [7, 11) is 0. The van der Waals surface area contributed by atoms with Crippen molar-refractivity contribution < 1.29 is 8.78 Å². The molecule has 0 spiro atoms. The topological polar surface area (TPSA) is 70.9 Å². The number of benzene rings is 1. The third-order valence-electron chi connectivity index (χ3n) is 5.75. The summed E-state index contributed by atoms with van der Waals surface area (Å²) in [5.74, 6) is 0. The number of aromatic nitrogens is 4. The maximum atomic E-state index is 13.1. The molecule has 1 saturated heterocycles. The lowest BCUT2D eigenvalue weighted by Gasteiger charge is -2.38. The van der Waals surface area contributed by atoms with Gasteiger partial charge in [-0.15, -0.1) is 10.2 Å². The molecular weight excluding hydrogens is 440 g/mol. The molecule has 5 rings (SSSR count). The number of nitrogens with zero attached hydrogens (tertiary/aromatic N) is 5. The fourth-order valence-corrected chi connectivity index (χ4v) is 5.53. The molecule has 1 saturated carbocycles. The number of fused-ring (bicyclic) bond motifs is 1. The minimum Gasteiger partial charge on any atom is -0.368 e. The summed E-state index contributed by atoms with van der Waals surface area (Å²) in [6, 6.07) is 4.98. The second-order valence-electron chi connectivity index (χ2n) is 8.79. The number of rotatable bonds is 6. The average molecular weight is 466 g/mol. The van der Waals surface area contributed by atoms with Crippen LogP contribution in [0.2, 0.25) is 0 Å². The van der Waals surface area contributed by atoms with Crippen molar-refractivity contribution in [2.24, 2.45) is 0 Å². The molecular formula is C20H25F2N7S2. The van der Waals surface area contributed by atoms with Gasteiger partial charge in [-0.1, -0.05) is 11.3 Å². The van der Waals surface area contributed by atoms with Crippen LogP contribution in [0.4, 0.5) is 14.5 Å². The normalized spacial score (nSPS) is 23.1. The van der Waals surface area contributed by atoms with Crippen LogP contribution in [0.15, 0.2) is 23.2 Å². The Kier molecular flexibility index (Phi) is 5.40. The molecule has 1 aliphatic carbocycles. The average Bonchev–Trinajstić information content (AvgIpc) is 3.12. The Morgan fingerprint density at radius 3 is 2.61 bits per heavy atom. The first-order valence-electron chi connectivity index (χ1n) is 10.4. The van der Waals surface area contributed by atoms with Crippen LogP contribution < -0.4 is 14.9 Å². The van der Waals surface area contributed by atoms with Gasteiger partial charge in [-0.05, 0) is 57.7 Å². The number of hydrogen-bond donors (Lipinski definition) is 2. The first kappa shape index (κ1) is 21.0. The lowest BCUT2D eigenvalue weighted by atomic mass is 10.1. The number of alkyl halides is 2. The van der Waals surface area contributed by atoms with Gasteiger partial charge in [0.15, 0.2) is 5.01 Å². The predicted octanol–water partition coefficient (Wildman–Crippen LogP) is 4.15. The van der Waals surface area contributed by atoms with Crippen LogP contribution in [-0.4, -0.2) is 50.7 Å². The first-order valence-corrected chi connectivity index (χ1v) is 12.0. The lowest BCUT2D eigenvalue weighted by molar-refractivity contribution is 0.150. The van der Waals surface area contributed by atoms with Gasteiger partial charge in [0.2, 0.25) is 5.13 Å². The van der Waals surface area contributed by atoms with Crippen LogP contribution >= 0.6 is 23.3 Å². The highest BCUT2D eigenvalue weighted by atomic mass is 32.2. The third kappa shape index (κ3) is 4.28. The fourth-order valence-electron chi connectivity index (χ4n) is 3.95. The van der Waals surface area contributed by atoms with Gasteiger partial charge in [0.1, 0.15) is 0 Å². The molecule has 0 amide bonds. The smallest absolute Gasteiger partial charge is 0.291 e. The molecule has 2 atom stereocenters. The van der Waals surface area contributed by atoms with Crippen molar-refractivity contribution in [3.05, 3.63) is 23.3 Å². The second kappa shape index (κ2) is 7.95. The van der Waals surface area contributed by atoms with Crippen molar-refractivity contribution in [2.75, 3.05) is 18.0 Å². The molecule has 2 aliphatic rings. The molecule has 2 N–H and O–H groups in total. The molecule has 3 aromatic rings. The zero-order valence-corrected chi connectivity index (χ0v) is 19.2. The van der Waals surface area contributed by atoms with Crippen LogP contribution in [0.1, 0.15) is 45.0 Å². The van der Waals surface area contributed by atoms with Gasteiger partial charge >= 0.3 is 0 Å². The maximum absolute atomic E-state index is 13.1. The first-order chi connectivity index (χ1) is 14.8. The second-order valence-corrected chi connectivity index (χ2v) is 10.7. The van der Waals surface area contributed by atoms with E-state index in [1.807, 2.05) is 6.07 Å². The summed E-state index contributed by atoms with van der Waals surface area (Å²) in [5, 5.41) is 16.7. The lowest BCUT2D eigenvalue weighted by Crippen LogP contribution is -2.54. The monoisotopic (exact) mass is 465 g/mol. The van der Waals surface area contributed by atoms with E-state index >= 15 is 0 Å². The Morgan fingerprint density at radius 2 is 1.97 bits per heavy atom. The largest absolute Gasteiger partial charge is 0.368 e. The number of piperazine rings is 1. The standard InChI is InChI=1S/C20H25F2N7S2/c1-11-9-28(10-12(2)24-11)15-6-13(31-27-20(3)4-5-20)7-16-14(15)8-23-29(16)19-26-25-18(30-19)17(21)22/h6-8,11-12,17,24,27H,4-5,9-10H2,1-3H3/t11-,12-/m0/s1. The number of anilines is 1. The van der Waals surface area contributed by atoms with Crippen LogP contribution in [0.25, 0.3) is 16.0 Å². The van der Waals surface area contributed by atoms with Gasteiger partial charge in [0.25, 0.3) is 6.43 Å². The highest BCUT2D eigenvalue weighted by Crippen LogP contribution is 2.40. The number of nitrogens with one attached hydrogen (secondary N) is 2. The van der Waals surface area contributed by atoms with E-state index in [9.17, 15) is 8.78 Å². The Balaban J connectivity index is 1.58. The molecule has 7 nitrogen and oxygen atoms in total. The minimum atomic E-state index is -2.64. The molecule has 0 unspecified atom stereocenters. The molecule has 2 fully saturated rings. The van der Waals surface area contributed by atoms with Crippen molar-refractivity contribution in [3.63, 3.8) is 0 Å². The Labute approximate surface area is 187 Å². The van der Waals surface area contributed by atoms with Gasteiger partial charge in [0.05, 0.1) is 11.7 Å². The van der Waals surface area contributed by atoms with E-state index in [0.717, 1.165) is 45.9 Å². The zero-order chi connectivity index (χ0) is 21.8. The van der Waals surface area contributed by atoms with E-state index in [2.05, 4.69) is 57.1 Å². The Morgan fingerprint density at radius 1 is 1.23 bits per heavy atom. The SMILES string of the molecule is C[C@H]1CN(c2cc(SNC3(C)CC3)cc3c2cnn3-c2nnc(C(F)F)s2)C[C@H](C)N1. The summed E-state index contributed by atoms with van der Waals surface area (Å²) in [6.45, 7) is 8.36. The van der Waals surface area contributed by atoms with Crippen LogP contribution in [-0.2, 0) is 0 Å². The minimum absolute atomic E-state index is 0.184. The van der Waals surface area contributed by atoms with Crippen molar-refractivity contribution in [1.29, 1.82) is 0 Å². The van der Waals surface area contributed by atoms with E-state index < -0.39 is 6.43 Å². The highest BCUT2D eigenvalue weighted by molar-refractivity contribution is 7.97. The summed E-state index contributed by atoms with van der Waals surface area (Å²) in [6.07, 6.45) is 1.50. The predicted molar refractivity (Wildman–Crippen MR) is 120 cm³/mol. The van der Waals surface area contributed by atoms with Gasteiger partial charge in [-0.3, -0.25) is 4.72 Å². The van der Waals surface area contributed by atoms with Gasteiger partial charge in [0, 0.05) is 46.7 Å². The Hall–Kier alpha value is -1.82. The van der Waals surface area contributed by atoms with Crippen LogP contribution in [0.5, 0.6) is 0 Å². The quantitative estimate of drug-likeness (QED) is 0.530. The molecule has 1 aromatic carbocycles. The molecule has 166 valence electrons. The van der Waals surface area contributed by atoms with E-state index in [1.54, 1.807) is 22.8 Å². The number of halogens is 2. The highest BCUT2D eigenvalue weighted by Gasteiger charge is 2.37. The summed E-state index contributed by atoms with van der Waals surface area (Å²) in [5.41, 5.74) is 2.13. The van der Waals surface area contributed by atoms with E-state index in [-0.39, 0.29) is 10.5 Å². The van der Waals surface area contributed by atoms with Crippen LogP contribution in [0, 0.1) is 0 Å². The summed E-state index contributed by atoms with van der Waals surface area (Å²) >= 11 is 2.49. The van der Waals surface area contributed by atoms with Crippen molar-refractivity contribution in [3.8, 4) is 5.13 Å². The van der Waals surface area contributed by atoms with Gasteiger partial charge in [-0.25, -0.2) is 13.5 Å². The molecule has 2 aromatic heterocycles. The molecule has 0 radical (unpaired) electrons. The molecule has 1 aliphatic heterocycles. The van der Waals surface area contributed by atoms with Crippen molar-refractivity contribution in [1.82, 2.24) is 30.0 Å². The fraction of sp³-hybridized carbons (Fsp3) is 0.550. The summed E-state index contributed by atoms with van der Waals surface area (Å²) in [4.78, 5) is 3.45. The van der Waals surface area contributed by atoms with E-state index in [4.69, 9.17) is 0 Å². The third-order valence-corrected chi connectivity index (χ3v) is 7.72. The molecule has 11 heteroatoms. The molecule has 31 heavy (non-hydrogen) atoms. The van der Waals surface area contributed by atoms with E-state index in [1.165, 1.54) is 12.8 Å². The summed E-state index contributed by atoms with van der Waals surface area (Å²) < 4.78 is 31.3. The van der Waals surface area contributed by atoms with Gasteiger partial charge in [-0.2, -0.15) is 5.10 Å². The Bertz CT molecular complexity index is 1080. The number of hydrogen-bond acceptors (Lipinski definition) is 8. The zero-order valence-electron chi connectivity index (χ0n) is 17.6. The van der Waals surface area contributed by atoms with E-state index in [0.29, 0.717) is 17.2 Å². The van der Waals surface area contributed by atoms with Gasteiger partial charge < -0.3 is 10.2 Å². The van der Waals surface area contributed by atoms with Crippen molar-refractivity contribution >= 4 is 39.9 Å². The molecule has 0 bridgehead atoms. The van der Waals surface area contributed by atoms with Crippen molar-refractivity contribution in [2.45, 2.75) is 62.6 Å². The van der Waals surface area contributed by atoms with Crippen LogP contribution in [0.3, 0.4) is 0 Å². The maximum Gasteiger partial charge on any atom is 0.291 e.